The van der Waals surface area contributed by atoms with Gasteiger partial charge in [0.25, 0.3) is 0 Å². The molecule has 0 amide bonds. The maximum Gasteiger partial charge on any atom is 0.189 e. The fraction of sp³-hybridized carbons (Fsp3) is 0.727. The molecule has 5 heteroatoms. The van der Waals surface area contributed by atoms with Crippen molar-refractivity contribution >= 4 is 24.4 Å². The third-order valence-corrected chi connectivity index (χ3v) is 16.7. The first-order chi connectivity index (χ1) is 23.5. The molecule has 9 aliphatic rings. The van der Waals surface area contributed by atoms with Gasteiger partial charge in [-0.05, 0) is 112 Å². The summed E-state index contributed by atoms with van der Waals surface area (Å²) in [5.41, 5.74) is 9.17. The van der Waals surface area contributed by atoms with E-state index >= 15 is 0 Å². The predicted molar refractivity (Wildman–Crippen MR) is 204 cm³/mol. The Bertz CT molecular complexity index is 1680. The van der Waals surface area contributed by atoms with Crippen LogP contribution in [0.25, 0.3) is 6.08 Å². The van der Waals surface area contributed by atoms with E-state index in [9.17, 15) is 0 Å². The van der Waals surface area contributed by atoms with E-state index in [1.807, 2.05) is 5.47 Å². The molecule has 3 aliphatic heterocycles. The van der Waals surface area contributed by atoms with Crippen LogP contribution in [0.3, 0.4) is 0 Å². The highest BCUT2D eigenvalue weighted by Crippen LogP contribution is 2.71. The molecule has 1 saturated carbocycles. The molecule has 0 aromatic carbocycles. The zero-order chi connectivity index (χ0) is 33.6. The summed E-state index contributed by atoms with van der Waals surface area (Å²) in [7, 11) is 0. The first-order valence-electron chi connectivity index (χ1n) is 20.7. The van der Waals surface area contributed by atoms with Crippen molar-refractivity contribution in [1.82, 2.24) is 9.80 Å². The zero-order valence-corrected chi connectivity index (χ0v) is 32.0. The van der Waals surface area contributed by atoms with Crippen molar-refractivity contribution in [3.63, 3.8) is 0 Å². The summed E-state index contributed by atoms with van der Waals surface area (Å²) in [4.78, 5) is 6.28. The van der Waals surface area contributed by atoms with E-state index in [4.69, 9.17) is 16.0 Å². The summed E-state index contributed by atoms with van der Waals surface area (Å²) in [6.45, 7) is 16.2. The molecule has 0 radical (unpaired) electrons. The van der Waals surface area contributed by atoms with Crippen molar-refractivity contribution in [2.24, 2.45) is 22.7 Å². The minimum atomic E-state index is 0.203. The van der Waals surface area contributed by atoms with Crippen molar-refractivity contribution in [1.29, 1.82) is 0 Å². The summed E-state index contributed by atoms with van der Waals surface area (Å²) in [6.07, 6.45) is 29.0. The molecular weight excluding hydrogens is 619 g/mol. The van der Waals surface area contributed by atoms with Crippen LogP contribution in [0.2, 0.25) is 11.6 Å². The largest absolute Gasteiger partial charge is 0.463 e. The molecule has 3 nitrogen and oxygen atoms in total. The molecule has 262 valence electrons. The lowest BCUT2D eigenvalue weighted by Gasteiger charge is -2.63. The molecule has 10 rings (SSSR count). The predicted octanol–water partition coefficient (Wildman–Crippen LogP) is 11.5. The second-order valence-electron chi connectivity index (χ2n) is 19.9. The molecule has 2 saturated heterocycles. The number of nitrogens with zero attached hydrogens (tertiary/aromatic N) is 2. The van der Waals surface area contributed by atoms with Crippen molar-refractivity contribution in [2.45, 2.75) is 179 Å². The molecule has 49 heavy (non-hydrogen) atoms. The van der Waals surface area contributed by atoms with E-state index in [2.05, 4.69) is 75.6 Å². The van der Waals surface area contributed by atoms with Gasteiger partial charge in [-0.3, -0.25) is 4.90 Å². The van der Waals surface area contributed by atoms with E-state index in [1.54, 1.807) is 11.3 Å². The molecule has 1 spiro atoms. The first-order valence-corrected chi connectivity index (χ1v) is 21.0. The van der Waals surface area contributed by atoms with Gasteiger partial charge in [-0.15, -0.1) is 0 Å². The Morgan fingerprint density at radius 2 is 1.82 bits per heavy atom. The summed E-state index contributed by atoms with van der Waals surface area (Å²) in [6, 6.07) is 2.02. The average molecular weight is 679 g/mol. The quantitative estimate of drug-likeness (QED) is 0.218. The molecular formula is C44H60BClN2O. The van der Waals surface area contributed by atoms with E-state index in [0.717, 1.165) is 36.6 Å². The monoisotopic (exact) mass is 678 g/mol. The molecule has 8 unspecified atom stereocenters. The highest BCUT2D eigenvalue weighted by molar-refractivity contribution is 6.72. The van der Waals surface area contributed by atoms with Gasteiger partial charge < -0.3 is 9.32 Å². The summed E-state index contributed by atoms with van der Waals surface area (Å²) >= 11 is 7.14. The van der Waals surface area contributed by atoms with Crippen molar-refractivity contribution in [3.8, 4) is 0 Å². The second-order valence-corrected chi connectivity index (χ2v) is 20.3. The van der Waals surface area contributed by atoms with Gasteiger partial charge in [-0.2, -0.15) is 0 Å². The lowest BCUT2D eigenvalue weighted by molar-refractivity contribution is -0.00944. The van der Waals surface area contributed by atoms with Gasteiger partial charge in [0.1, 0.15) is 11.5 Å². The van der Waals surface area contributed by atoms with E-state index < -0.39 is 0 Å². The minimum Gasteiger partial charge on any atom is -0.463 e. The first kappa shape index (κ1) is 32.0. The molecule has 8 atom stereocenters. The minimum absolute atomic E-state index is 0.203. The summed E-state index contributed by atoms with van der Waals surface area (Å²) < 4.78 is 7.01. The lowest BCUT2D eigenvalue weighted by atomic mass is 9.22. The van der Waals surface area contributed by atoms with Crippen molar-refractivity contribution < 1.29 is 4.42 Å². The Hall–Kier alpha value is -1.65. The van der Waals surface area contributed by atoms with Gasteiger partial charge in [-0.25, -0.2) is 0 Å². The topological polar surface area (TPSA) is 19.6 Å². The Balaban J connectivity index is 1.20. The highest BCUT2D eigenvalue weighted by Gasteiger charge is 2.71. The van der Waals surface area contributed by atoms with Gasteiger partial charge in [0.05, 0.1) is 6.04 Å². The normalized spacial score (nSPS) is 38.8. The standard InChI is InChI=1S/C44H60BClN2O/c1-26-21-36-39-37(22-26)48-40-31(44(43(48,5)6)19-10-7-11-20-44)23-27(42(2,3)4)24-33(40)45(39)32-18-17-28(46)25-35(32)47(36)34-15-12-14-30-29-13-8-9-16-38(29)49-41(30)34/h8,13,17,24,26,31-35,37,40H,7,9-12,14-16,18-23,25H2,1-6H3. The second kappa shape index (κ2) is 10.9. The SMILES string of the molecule is CC1CC2=C3B(C4C=C(C(C)(C)C)CC5C4N(C3C1)C(C)(C)C51CCCCC1)C1CC=C(Cl)CC1N2C1CCCc2c1oc1c2C=CCC1. The Morgan fingerprint density at radius 3 is 2.61 bits per heavy atom. The van der Waals surface area contributed by atoms with Gasteiger partial charge in [0.15, 0.2) is 6.71 Å². The third-order valence-electron chi connectivity index (χ3n) is 16.4. The van der Waals surface area contributed by atoms with Gasteiger partial charge in [0, 0.05) is 58.4 Å². The average Bonchev–Trinajstić information content (AvgIpc) is 3.54. The number of fused-ring (bicyclic) bond motifs is 8. The Morgan fingerprint density at radius 1 is 1.00 bits per heavy atom. The number of hydrogen-bond acceptors (Lipinski definition) is 3. The molecule has 1 aromatic rings. The highest BCUT2D eigenvalue weighted by atomic mass is 35.5. The lowest BCUT2D eigenvalue weighted by Crippen LogP contribution is -2.67. The number of allylic oxidation sites excluding steroid dienone is 4. The van der Waals surface area contributed by atoms with Crippen LogP contribution >= 0.6 is 11.6 Å². The number of rotatable bonds is 1. The van der Waals surface area contributed by atoms with E-state index in [0.29, 0.717) is 53.8 Å². The van der Waals surface area contributed by atoms with Crippen molar-refractivity contribution in [3.05, 3.63) is 62.7 Å². The van der Waals surface area contributed by atoms with Gasteiger partial charge >= 0.3 is 0 Å². The van der Waals surface area contributed by atoms with E-state index in [1.165, 1.54) is 93.3 Å². The molecule has 3 fully saturated rings. The van der Waals surface area contributed by atoms with Crippen LogP contribution in [-0.2, 0) is 12.8 Å². The van der Waals surface area contributed by atoms with Crippen LogP contribution in [0.1, 0.15) is 154 Å². The number of halogens is 1. The number of furan rings is 1. The Kier molecular flexibility index (Phi) is 7.15. The van der Waals surface area contributed by atoms with Crippen LogP contribution in [0, 0.1) is 22.7 Å². The molecule has 0 bridgehead atoms. The third kappa shape index (κ3) is 4.32. The Labute approximate surface area is 302 Å². The van der Waals surface area contributed by atoms with Crippen LogP contribution in [-0.4, -0.2) is 40.2 Å². The fourth-order valence-electron chi connectivity index (χ4n) is 14.4. The van der Waals surface area contributed by atoms with Gasteiger partial charge in [0.2, 0.25) is 0 Å². The van der Waals surface area contributed by atoms with Crippen LogP contribution in [0.4, 0.5) is 0 Å². The number of hydrogen-bond donors (Lipinski definition) is 0. The van der Waals surface area contributed by atoms with Gasteiger partial charge in [-0.1, -0.05) is 93.9 Å². The zero-order valence-electron chi connectivity index (χ0n) is 31.3. The van der Waals surface area contributed by atoms with E-state index in [-0.39, 0.29) is 11.0 Å². The maximum absolute atomic E-state index is 7.14. The fourth-order valence-corrected chi connectivity index (χ4v) is 14.7. The van der Waals surface area contributed by atoms with Crippen LogP contribution in [0.15, 0.2) is 44.4 Å². The number of aryl methyl sites for hydroxylation is 1. The summed E-state index contributed by atoms with van der Waals surface area (Å²) in [5.74, 6) is 5.25. The summed E-state index contributed by atoms with van der Waals surface area (Å²) in [5, 5.41) is 1.10. The molecule has 6 aliphatic carbocycles. The molecule has 1 aromatic heterocycles. The smallest absolute Gasteiger partial charge is 0.189 e. The maximum atomic E-state index is 7.14. The molecule has 0 N–H and O–H groups in total. The van der Waals surface area contributed by atoms with Crippen molar-refractivity contribution in [2.75, 3.05) is 0 Å². The van der Waals surface area contributed by atoms with Crippen LogP contribution < -0.4 is 0 Å². The van der Waals surface area contributed by atoms with Crippen LogP contribution in [0.5, 0.6) is 0 Å². The molecule has 4 heterocycles.